The number of nitro benzene ring substituents is 1. The predicted molar refractivity (Wildman–Crippen MR) is 109 cm³/mol. The van der Waals surface area contributed by atoms with Gasteiger partial charge in [0.1, 0.15) is 11.6 Å². The van der Waals surface area contributed by atoms with E-state index in [4.69, 9.17) is 16.3 Å². The topological polar surface area (TPSA) is 94.4 Å². The summed E-state index contributed by atoms with van der Waals surface area (Å²) in [7, 11) is 0. The Labute approximate surface area is 171 Å². The van der Waals surface area contributed by atoms with Crippen LogP contribution in [0.4, 0.5) is 17.2 Å². The predicted octanol–water partition coefficient (Wildman–Crippen LogP) is 4.82. The number of nitro groups is 1. The Hall–Kier alpha value is -3.45. The molecule has 1 atom stereocenters. The number of Topliss-reactive ketones (excluding diaryl/α,β-unsaturated/α-hetero) is 1. The summed E-state index contributed by atoms with van der Waals surface area (Å²) in [6, 6.07) is 14.8. The number of ether oxygens (including phenoxy) is 1. The molecule has 0 aliphatic carbocycles. The van der Waals surface area contributed by atoms with Gasteiger partial charge in [0.25, 0.3) is 5.69 Å². The van der Waals surface area contributed by atoms with Crippen molar-refractivity contribution < 1.29 is 14.5 Å². The van der Waals surface area contributed by atoms with Crippen molar-refractivity contribution in [3.8, 4) is 5.75 Å². The fourth-order valence-electron chi connectivity index (χ4n) is 3.24. The van der Waals surface area contributed by atoms with Gasteiger partial charge in [-0.3, -0.25) is 14.9 Å². The fourth-order valence-corrected chi connectivity index (χ4v) is 3.41. The van der Waals surface area contributed by atoms with E-state index in [-0.39, 0.29) is 24.0 Å². The van der Waals surface area contributed by atoms with Gasteiger partial charge in [-0.15, -0.1) is 0 Å². The standard InChI is InChI=1S/C21H16ClN3O4/c22-15-3-8-19-18(11-15)20(26)14(12-29-19)10-13-2-1-9-23-21(13)24-16-4-6-17(7-5-16)25(27)28/h1-9,11,14H,10,12H2,(H,23,24). The number of hydrogen-bond donors (Lipinski definition) is 1. The average molecular weight is 410 g/mol. The number of carbonyl (C=O) groups excluding carboxylic acids is 1. The number of benzene rings is 2. The summed E-state index contributed by atoms with van der Waals surface area (Å²) in [5, 5.41) is 14.5. The van der Waals surface area contributed by atoms with E-state index in [9.17, 15) is 14.9 Å². The number of nitrogens with zero attached hydrogens (tertiary/aromatic N) is 2. The first kappa shape index (κ1) is 18.9. The maximum Gasteiger partial charge on any atom is 0.269 e. The normalized spacial score (nSPS) is 15.3. The second kappa shape index (κ2) is 7.89. The first-order valence-electron chi connectivity index (χ1n) is 8.93. The lowest BCUT2D eigenvalue weighted by molar-refractivity contribution is -0.384. The summed E-state index contributed by atoms with van der Waals surface area (Å²) in [6.45, 7) is 0.277. The number of anilines is 2. The van der Waals surface area contributed by atoms with Gasteiger partial charge in [-0.2, -0.15) is 0 Å². The van der Waals surface area contributed by atoms with Crippen molar-refractivity contribution >= 4 is 34.6 Å². The molecule has 8 heteroatoms. The Kier molecular flexibility index (Phi) is 5.14. The molecule has 0 amide bonds. The van der Waals surface area contributed by atoms with Crippen molar-refractivity contribution in [1.29, 1.82) is 0 Å². The molecule has 1 N–H and O–H groups in total. The molecule has 0 radical (unpaired) electrons. The minimum atomic E-state index is -0.450. The van der Waals surface area contributed by atoms with E-state index in [0.29, 0.717) is 34.3 Å². The molecule has 1 unspecified atom stereocenters. The summed E-state index contributed by atoms with van der Waals surface area (Å²) < 4.78 is 5.74. The number of pyridine rings is 1. The maximum atomic E-state index is 12.9. The van der Waals surface area contributed by atoms with Crippen molar-refractivity contribution in [3.63, 3.8) is 0 Å². The number of non-ortho nitro benzene ring substituents is 1. The van der Waals surface area contributed by atoms with E-state index < -0.39 is 4.92 Å². The molecule has 1 aliphatic heterocycles. The van der Waals surface area contributed by atoms with Crippen LogP contribution in [0.5, 0.6) is 5.75 Å². The Balaban J connectivity index is 1.54. The summed E-state index contributed by atoms with van der Waals surface area (Å²) in [5.41, 5.74) is 2.01. The molecule has 7 nitrogen and oxygen atoms in total. The van der Waals surface area contributed by atoms with Crippen LogP contribution < -0.4 is 10.1 Å². The molecular weight excluding hydrogens is 394 g/mol. The minimum Gasteiger partial charge on any atom is -0.492 e. The van der Waals surface area contributed by atoms with Crippen molar-refractivity contribution in [2.75, 3.05) is 11.9 Å². The molecule has 1 aliphatic rings. The van der Waals surface area contributed by atoms with Crippen LogP contribution in [0.2, 0.25) is 5.02 Å². The minimum absolute atomic E-state index is 0.0130. The molecule has 2 aromatic carbocycles. The van der Waals surface area contributed by atoms with Gasteiger partial charge in [-0.05, 0) is 48.4 Å². The molecule has 2 heterocycles. The molecule has 3 aromatic rings. The van der Waals surface area contributed by atoms with E-state index in [2.05, 4.69) is 10.3 Å². The Bertz CT molecular complexity index is 1090. The summed E-state index contributed by atoms with van der Waals surface area (Å²) >= 11 is 6.03. The van der Waals surface area contributed by atoms with E-state index in [0.717, 1.165) is 5.56 Å². The van der Waals surface area contributed by atoms with Crippen LogP contribution >= 0.6 is 11.6 Å². The lowest BCUT2D eigenvalue weighted by Crippen LogP contribution is -2.29. The molecule has 146 valence electrons. The first-order chi connectivity index (χ1) is 14.0. The van der Waals surface area contributed by atoms with Gasteiger partial charge in [0, 0.05) is 29.0 Å². The number of hydrogen-bond acceptors (Lipinski definition) is 6. The highest BCUT2D eigenvalue weighted by Crippen LogP contribution is 2.32. The molecule has 4 rings (SSSR count). The van der Waals surface area contributed by atoms with Crippen LogP contribution in [-0.4, -0.2) is 22.3 Å². The first-order valence-corrected chi connectivity index (χ1v) is 9.31. The van der Waals surface area contributed by atoms with Crippen LogP contribution in [0.25, 0.3) is 0 Å². The maximum absolute atomic E-state index is 12.9. The molecule has 0 fully saturated rings. The number of ketones is 1. The average Bonchev–Trinajstić information content (AvgIpc) is 2.72. The zero-order valence-corrected chi connectivity index (χ0v) is 15.9. The molecule has 0 spiro atoms. The summed E-state index contributed by atoms with van der Waals surface area (Å²) in [6.07, 6.45) is 2.08. The van der Waals surface area contributed by atoms with E-state index in [1.54, 1.807) is 42.6 Å². The Morgan fingerprint density at radius 1 is 1.21 bits per heavy atom. The smallest absolute Gasteiger partial charge is 0.269 e. The largest absolute Gasteiger partial charge is 0.492 e. The number of nitrogens with one attached hydrogen (secondary N) is 1. The zero-order valence-electron chi connectivity index (χ0n) is 15.2. The van der Waals surface area contributed by atoms with Gasteiger partial charge in [-0.25, -0.2) is 4.98 Å². The third kappa shape index (κ3) is 4.05. The number of halogens is 1. The monoisotopic (exact) mass is 409 g/mol. The highest BCUT2D eigenvalue weighted by Gasteiger charge is 2.30. The second-order valence-corrected chi connectivity index (χ2v) is 7.09. The quantitative estimate of drug-likeness (QED) is 0.479. The van der Waals surface area contributed by atoms with Gasteiger partial charge in [-0.1, -0.05) is 17.7 Å². The van der Waals surface area contributed by atoms with Crippen molar-refractivity contribution in [2.45, 2.75) is 6.42 Å². The molecular formula is C21H16ClN3O4. The molecule has 29 heavy (non-hydrogen) atoms. The Morgan fingerprint density at radius 2 is 2.00 bits per heavy atom. The van der Waals surface area contributed by atoms with Crippen molar-refractivity contribution in [1.82, 2.24) is 4.98 Å². The van der Waals surface area contributed by atoms with Crippen LogP contribution in [0.1, 0.15) is 15.9 Å². The van der Waals surface area contributed by atoms with Crippen LogP contribution in [0.3, 0.4) is 0 Å². The second-order valence-electron chi connectivity index (χ2n) is 6.66. The van der Waals surface area contributed by atoms with Gasteiger partial charge >= 0.3 is 0 Å². The molecule has 0 saturated carbocycles. The van der Waals surface area contributed by atoms with Gasteiger partial charge < -0.3 is 10.1 Å². The van der Waals surface area contributed by atoms with Gasteiger partial charge in [0.2, 0.25) is 0 Å². The van der Waals surface area contributed by atoms with E-state index >= 15 is 0 Å². The number of rotatable bonds is 5. The third-order valence-corrected chi connectivity index (χ3v) is 4.95. The van der Waals surface area contributed by atoms with Crippen LogP contribution in [-0.2, 0) is 6.42 Å². The number of fused-ring (bicyclic) bond motifs is 1. The highest BCUT2D eigenvalue weighted by molar-refractivity contribution is 6.31. The molecule has 0 bridgehead atoms. The van der Waals surface area contributed by atoms with Crippen molar-refractivity contribution in [2.24, 2.45) is 5.92 Å². The number of aromatic nitrogens is 1. The summed E-state index contributed by atoms with van der Waals surface area (Å²) in [4.78, 5) is 27.6. The lowest BCUT2D eigenvalue weighted by atomic mass is 9.90. The Morgan fingerprint density at radius 3 is 2.76 bits per heavy atom. The van der Waals surface area contributed by atoms with Crippen LogP contribution in [0, 0.1) is 16.0 Å². The van der Waals surface area contributed by atoms with Gasteiger partial charge in [0.15, 0.2) is 5.78 Å². The van der Waals surface area contributed by atoms with E-state index in [1.807, 2.05) is 6.07 Å². The van der Waals surface area contributed by atoms with E-state index in [1.165, 1.54) is 12.1 Å². The lowest BCUT2D eigenvalue weighted by Gasteiger charge is -2.25. The van der Waals surface area contributed by atoms with Gasteiger partial charge in [0.05, 0.1) is 23.0 Å². The summed E-state index contributed by atoms with van der Waals surface area (Å²) in [5.74, 6) is 0.763. The van der Waals surface area contributed by atoms with Crippen molar-refractivity contribution in [3.05, 3.63) is 87.1 Å². The fraction of sp³-hybridized carbons (Fsp3) is 0.143. The zero-order chi connectivity index (χ0) is 20.4. The highest BCUT2D eigenvalue weighted by atomic mass is 35.5. The van der Waals surface area contributed by atoms with Crippen LogP contribution in [0.15, 0.2) is 60.8 Å². The number of carbonyl (C=O) groups is 1. The third-order valence-electron chi connectivity index (χ3n) is 4.72. The molecule has 0 saturated heterocycles. The molecule has 1 aromatic heterocycles. The SMILES string of the molecule is O=C1c2cc(Cl)ccc2OCC1Cc1cccnc1Nc1ccc([N+](=O)[O-])cc1.